The number of aromatic nitrogens is 5. The highest BCUT2D eigenvalue weighted by atomic mass is 32.2. The first-order valence-electron chi connectivity index (χ1n) is 8.41. The first-order chi connectivity index (χ1) is 13.2. The summed E-state index contributed by atoms with van der Waals surface area (Å²) < 4.78 is 20.9. The summed E-state index contributed by atoms with van der Waals surface area (Å²) in [6.45, 7) is 2.80. The standard InChI is InChI=1S/C19H16FN5OS/c1-2-25-18(14-7-9-21-10-8-14)23-24-19(25)27-12-17-22-11-16(26-17)13-3-5-15(20)6-4-13/h3-11H,2,12H2,1H3. The molecular weight excluding hydrogens is 365 g/mol. The highest BCUT2D eigenvalue weighted by Crippen LogP contribution is 2.27. The van der Waals surface area contributed by atoms with Crippen LogP contribution in [0.2, 0.25) is 0 Å². The van der Waals surface area contributed by atoms with Crippen molar-refractivity contribution >= 4 is 11.8 Å². The van der Waals surface area contributed by atoms with Crippen LogP contribution in [0, 0.1) is 5.82 Å². The van der Waals surface area contributed by atoms with E-state index >= 15 is 0 Å². The van der Waals surface area contributed by atoms with Crippen LogP contribution in [0.25, 0.3) is 22.7 Å². The number of benzene rings is 1. The van der Waals surface area contributed by atoms with Gasteiger partial charge >= 0.3 is 0 Å². The number of nitrogens with zero attached hydrogens (tertiary/aromatic N) is 5. The monoisotopic (exact) mass is 381 g/mol. The summed E-state index contributed by atoms with van der Waals surface area (Å²) >= 11 is 1.51. The van der Waals surface area contributed by atoms with Crippen LogP contribution in [0.5, 0.6) is 0 Å². The molecule has 0 N–H and O–H groups in total. The van der Waals surface area contributed by atoms with E-state index in [0.717, 1.165) is 28.7 Å². The summed E-state index contributed by atoms with van der Waals surface area (Å²) in [4.78, 5) is 8.34. The molecule has 0 atom stereocenters. The van der Waals surface area contributed by atoms with E-state index < -0.39 is 0 Å². The molecule has 1 aromatic carbocycles. The molecule has 0 aliphatic carbocycles. The van der Waals surface area contributed by atoms with Crippen molar-refractivity contribution in [2.24, 2.45) is 0 Å². The smallest absolute Gasteiger partial charge is 0.205 e. The van der Waals surface area contributed by atoms with Gasteiger partial charge in [0, 0.05) is 30.1 Å². The van der Waals surface area contributed by atoms with E-state index in [1.54, 1.807) is 30.7 Å². The Morgan fingerprint density at radius 2 is 1.81 bits per heavy atom. The lowest BCUT2D eigenvalue weighted by molar-refractivity contribution is 0.529. The SMILES string of the molecule is CCn1c(SCc2ncc(-c3ccc(F)cc3)o2)nnc1-c1ccncc1. The molecule has 4 rings (SSSR count). The van der Waals surface area contributed by atoms with Gasteiger partial charge in [-0.05, 0) is 43.3 Å². The number of oxazole rings is 1. The average Bonchev–Trinajstić information content (AvgIpc) is 3.34. The van der Waals surface area contributed by atoms with E-state index in [2.05, 4.69) is 27.1 Å². The summed E-state index contributed by atoms with van der Waals surface area (Å²) in [7, 11) is 0. The number of thioether (sulfide) groups is 1. The predicted octanol–water partition coefficient (Wildman–Crippen LogP) is 4.45. The maximum atomic E-state index is 13.0. The third-order valence-corrected chi connectivity index (χ3v) is 4.93. The van der Waals surface area contributed by atoms with Gasteiger partial charge in [-0.2, -0.15) is 0 Å². The Kier molecular flexibility index (Phi) is 4.97. The second kappa shape index (κ2) is 7.71. The van der Waals surface area contributed by atoms with Crippen molar-refractivity contribution in [2.75, 3.05) is 0 Å². The molecule has 27 heavy (non-hydrogen) atoms. The van der Waals surface area contributed by atoms with Gasteiger partial charge in [-0.15, -0.1) is 10.2 Å². The van der Waals surface area contributed by atoms with E-state index in [9.17, 15) is 4.39 Å². The van der Waals surface area contributed by atoms with Crippen molar-refractivity contribution in [1.82, 2.24) is 24.7 Å². The molecular formula is C19H16FN5OS. The minimum Gasteiger partial charge on any atom is -0.440 e. The second-order valence-electron chi connectivity index (χ2n) is 5.70. The highest BCUT2D eigenvalue weighted by molar-refractivity contribution is 7.98. The van der Waals surface area contributed by atoms with Crippen LogP contribution in [-0.2, 0) is 12.3 Å². The number of pyridine rings is 1. The maximum Gasteiger partial charge on any atom is 0.205 e. The van der Waals surface area contributed by atoms with E-state index in [1.807, 2.05) is 16.7 Å². The van der Waals surface area contributed by atoms with Crippen LogP contribution in [0.15, 0.2) is 64.6 Å². The van der Waals surface area contributed by atoms with Crippen LogP contribution < -0.4 is 0 Å². The van der Waals surface area contributed by atoms with Crippen LogP contribution >= 0.6 is 11.8 Å². The van der Waals surface area contributed by atoms with Gasteiger partial charge in [0.2, 0.25) is 5.89 Å². The zero-order valence-corrected chi connectivity index (χ0v) is 15.4. The Balaban J connectivity index is 1.50. The minimum absolute atomic E-state index is 0.280. The fraction of sp³-hybridized carbons (Fsp3) is 0.158. The van der Waals surface area contributed by atoms with Crippen molar-refractivity contribution in [3.8, 4) is 22.7 Å². The van der Waals surface area contributed by atoms with Gasteiger partial charge in [0.15, 0.2) is 16.7 Å². The van der Waals surface area contributed by atoms with Gasteiger partial charge in [0.25, 0.3) is 0 Å². The van der Waals surface area contributed by atoms with E-state index in [4.69, 9.17) is 4.42 Å². The zero-order valence-electron chi connectivity index (χ0n) is 14.5. The molecule has 3 heterocycles. The molecule has 0 spiro atoms. The number of halogens is 1. The Morgan fingerprint density at radius 3 is 2.56 bits per heavy atom. The van der Waals surface area contributed by atoms with Gasteiger partial charge in [-0.25, -0.2) is 9.37 Å². The highest BCUT2D eigenvalue weighted by Gasteiger charge is 2.14. The predicted molar refractivity (Wildman–Crippen MR) is 100 cm³/mol. The number of rotatable bonds is 6. The molecule has 0 unspecified atom stereocenters. The van der Waals surface area contributed by atoms with E-state index in [1.165, 1.54) is 23.9 Å². The fourth-order valence-electron chi connectivity index (χ4n) is 2.65. The Hall–Kier alpha value is -3.00. The molecule has 0 aliphatic heterocycles. The average molecular weight is 381 g/mol. The van der Waals surface area contributed by atoms with Gasteiger partial charge in [-0.1, -0.05) is 11.8 Å². The van der Waals surface area contributed by atoms with Crippen LogP contribution in [0.1, 0.15) is 12.8 Å². The van der Waals surface area contributed by atoms with Gasteiger partial charge < -0.3 is 8.98 Å². The van der Waals surface area contributed by atoms with Gasteiger partial charge in [0.1, 0.15) is 5.82 Å². The molecule has 8 heteroatoms. The van der Waals surface area contributed by atoms with Gasteiger partial charge in [0.05, 0.1) is 11.9 Å². The first-order valence-corrected chi connectivity index (χ1v) is 9.40. The molecule has 3 aromatic heterocycles. The zero-order chi connectivity index (χ0) is 18.6. The summed E-state index contributed by atoms with van der Waals surface area (Å²) in [5.74, 6) is 2.24. The largest absolute Gasteiger partial charge is 0.440 e. The lowest BCUT2D eigenvalue weighted by Crippen LogP contribution is -2.00. The minimum atomic E-state index is -0.280. The Labute approximate surface area is 159 Å². The molecule has 6 nitrogen and oxygen atoms in total. The summed E-state index contributed by atoms with van der Waals surface area (Å²) in [6, 6.07) is 9.96. The van der Waals surface area contributed by atoms with Crippen molar-refractivity contribution < 1.29 is 8.81 Å². The van der Waals surface area contributed by atoms with E-state index in [0.29, 0.717) is 17.4 Å². The summed E-state index contributed by atoms with van der Waals surface area (Å²) in [5, 5.41) is 9.40. The van der Waals surface area contributed by atoms with E-state index in [-0.39, 0.29) is 5.82 Å². The topological polar surface area (TPSA) is 69.6 Å². The summed E-state index contributed by atoms with van der Waals surface area (Å²) in [5.41, 5.74) is 1.76. The van der Waals surface area contributed by atoms with Crippen LogP contribution in [0.3, 0.4) is 0 Å². The molecule has 0 bridgehead atoms. The van der Waals surface area contributed by atoms with Crippen molar-refractivity contribution in [1.29, 1.82) is 0 Å². The molecule has 0 saturated heterocycles. The first kappa shape index (κ1) is 17.4. The van der Waals surface area contributed by atoms with Gasteiger partial charge in [-0.3, -0.25) is 4.98 Å². The lowest BCUT2D eigenvalue weighted by Gasteiger charge is -2.06. The lowest BCUT2D eigenvalue weighted by atomic mass is 10.2. The third kappa shape index (κ3) is 3.75. The molecule has 136 valence electrons. The van der Waals surface area contributed by atoms with Crippen LogP contribution in [0.4, 0.5) is 4.39 Å². The Bertz CT molecular complexity index is 1030. The molecule has 0 amide bonds. The third-order valence-electron chi connectivity index (χ3n) is 3.98. The van der Waals surface area contributed by atoms with Crippen molar-refractivity contribution in [3.05, 3.63) is 66.7 Å². The normalized spacial score (nSPS) is 11.0. The van der Waals surface area contributed by atoms with Crippen molar-refractivity contribution in [2.45, 2.75) is 24.4 Å². The maximum absolute atomic E-state index is 13.0. The number of hydrogen-bond acceptors (Lipinski definition) is 6. The quantitative estimate of drug-likeness (QED) is 0.460. The fourth-order valence-corrected chi connectivity index (χ4v) is 3.50. The molecule has 0 saturated carbocycles. The molecule has 4 aromatic rings. The second-order valence-corrected chi connectivity index (χ2v) is 6.64. The Morgan fingerprint density at radius 1 is 1.04 bits per heavy atom. The van der Waals surface area contributed by atoms with Crippen LogP contribution in [-0.4, -0.2) is 24.7 Å². The number of hydrogen-bond donors (Lipinski definition) is 0. The van der Waals surface area contributed by atoms with Crippen molar-refractivity contribution in [3.63, 3.8) is 0 Å². The molecule has 0 fully saturated rings. The molecule has 0 aliphatic rings. The summed E-state index contributed by atoms with van der Waals surface area (Å²) in [6.07, 6.45) is 5.12. The molecule has 0 radical (unpaired) electrons.